The molecule has 2 aromatic rings. The Morgan fingerprint density at radius 1 is 1.35 bits per heavy atom. The molecule has 0 aliphatic rings. The lowest BCUT2D eigenvalue weighted by Gasteiger charge is -2.08. The molecule has 0 saturated heterocycles. The number of amides is 1. The van der Waals surface area contributed by atoms with Gasteiger partial charge in [0.1, 0.15) is 10.6 Å². The summed E-state index contributed by atoms with van der Waals surface area (Å²) in [5.74, 6) is 0.824. The van der Waals surface area contributed by atoms with E-state index < -0.39 is 5.91 Å². The molecule has 0 aliphatic heterocycles. The molecule has 0 atom stereocenters. The summed E-state index contributed by atoms with van der Waals surface area (Å²) in [6.07, 6.45) is 1.95. The number of hydrogen-bond acceptors (Lipinski definition) is 6. The molecule has 4 N–H and O–H groups in total. The molecule has 6 nitrogen and oxygen atoms in total. The van der Waals surface area contributed by atoms with Crippen LogP contribution >= 0.6 is 11.3 Å². The zero-order chi connectivity index (χ0) is 14.5. The van der Waals surface area contributed by atoms with Crippen molar-refractivity contribution in [3.63, 3.8) is 0 Å². The monoisotopic (exact) mass is 293 g/mol. The Balaban J connectivity index is 2.38. The molecule has 0 radical (unpaired) electrons. The summed E-state index contributed by atoms with van der Waals surface area (Å²) in [5.41, 5.74) is 5.18. The summed E-state index contributed by atoms with van der Waals surface area (Å²) in [4.78, 5) is 22.0. The molecule has 2 rings (SSSR count). The minimum Gasteiger partial charge on any atom is -0.368 e. The molecule has 0 unspecified atom stereocenters. The van der Waals surface area contributed by atoms with Crippen LogP contribution in [0.3, 0.4) is 0 Å². The van der Waals surface area contributed by atoms with Gasteiger partial charge in [0.05, 0.1) is 11.9 Å². The largest absolute Gasteiger partial charge is 0.368 e. The van der Waals surface area contributed by atoms with Crippen LogP contribution in [0, 0.1) is 0 Å². The number of aryl methyl sites for hydroxylation is 1. The lowest BCUT2D eigenvalue weighted by atomic mass is 10.3. The fourth-order valence-electron chi connectivity index (χ4n) is 1.77. The van der Waals surface area contributed by atoms with Gasteiger partial charge in [-0.1, -0.05) is 13.8 Å². The first-order valence-corrected chi connectivity index (χ1v) is 7.52. The summed E-state index contributed by atoms with van der Waals surface area (Å²) >= 11 is 1.65. The van der Waals surface area contributed by atoms with Crippen molar-refractivity contribution in [1.82, 2.24) is 9.97 Å². The highest BCUT2D eigenvalue weighted by Gasteiger charge is 2.11. The Kier molecular flexibility index (Phi) is 4.73. The van der Waals surface area contributed by atoms with Crippen molar-refractivity contribution in [2.75, 3.05) is 23.7 Å². The smallest absolute Gasteiger partial charge is 0.236 e. The molecule has 2 heterocycles. The van der Waals surface area contributed by atoms with Gasteiger partial charge in [-0.3, -0.25) is 4.79 Å². The molecular formula is C13H19N5OS. The maximum Gasteiger partial charge on any atom is 0.236 e. The lowest BCUT2D eigenvalue weighted by Crippen LogP contribution is -2.22. The number of aromatic nitrogens is 2. The van der Waals surface area contributed by atoms with E-state index in [1.54, 1.807) is 11.3 Å². The highest BCUT2D eigenvalue weighted by Crippen LogP contribution is 2.30. The molecular weight excluding hydrogens is 274 g/mol. The second kappa shape index (κ2) is 6.51. The van der Waals surface area contributed by atoms with E-state index in [0.717, 1.165) is 29.6 Å². The lowest BCUT2D eigenvalue weighted by molar-refractivity contribution is -0.116. The Morgan fingerprint density at radius 3 is 2.80 bits per heavy atom. The van der Waals surface area contributed by atoms with Crippen LogP contribution in [0.4, 0.5) is 11.8 Å². The van der Waals surface area contributed by atoms with Crippen LogP contribution in [0.5, 0.6) is 0 Å². The van der Waals surface area contributed by atoms with E-state index in [9.17, 15) is 4.79 Å². The van der Waals surface area contributed by atoms with Crippen molar-refractivity contribution in [3.05, 3.63) is 10.9 Å². The summed E-state index contributed by atoms with van der Waals surface area (Å²) in [6.45, 7) is 5.06. The van der Waals surface area contributed by atoms with E-state index in [1.807, 2.05) is 0 Å². The minimum atomic E-state index is -0.411. The number of fused-ring (bicyclic) bond motifs is 1. The zero-order valence-electron chi connectivity index (χ0n) is 11.7. The Labute approximate surface area is 121 Å². The van der Waals surface area contributed by atoms with Crippen molar-refractivity contribution in [2.45, 2.75) is 26.7 Å². The molecule has 20 heavy (non-hydrogen) atoms. The summed E-state index contributed by atoms with van der Waals surface area (Å²) in [6, 6.07) is 2.06. The third-order valence-electron chi connectivity index (χ3n) is 2.76. The molecule has 2 aromatic heterocycles. The van der Waals surface area contributed by atoms with Gasteiger partial charge in [-0.05, 0) is 18.9 Å². The van der Waals surface area contributed by atoms with E-state index in [4.69, 9.17) is 5.73 Å². The number of carbonyl (C=O) groups excluding carboxylic acids is 1. The molecule has 1 amide bonds. The summed E-state index contributed by atoms with van der Waals surface area (Å²) in [5, 5.41) is 7.09. The molecule has 0 bridgehead atoms. The predicted molar refractivity (Wildman–Crippen MR) is 83.3 cm³/mol. The maximum absolute atomic E-state index is 10.9. The fourth-order valence-corrected chi connectivity index (χ4v) is 2.73. The standard InChI is InChI=1S/C13H19N5OS/c1-3-5-15-13-17-11(16-7-10(14)19)9-6-8(4-2)20-12(9)18-13/h6H,3-5,7H2,1-2H3,(H2,14,19)(H2,15,16,17,18). The summed E-state index contributed by atoms with van der Waals surface area (Å²) in [7, 11) is 0. The van der Waals surface area contributed by atoms with Crippen molar-refractivity contribution < 1.29 is 4.79 Å². The average Bonchev–Trinajstić information content (AvgIpc) is 2.85. The average molecular weight is 293 g/mol. The van der Waals surface area contributed by atoms with Crippen LogP contribution in [-0.2, 0) is 11.2 Å². The summed E-state index contributed by atoms with van der Waals surface area (Å²) < 4.78 is 0. The van der Waals surface area contributed by atoms with Crippen LogP contribution in [-0.4, -0.2) is 29.0 Å². The van der Waals surface area contributed by atoms with Gasteiger partial charge in [-0.2, -0.15) is 4.98 Å². The molecule has 0 spiro atoms. The van der Waals surface area contributed by atoms with Gasteiger partial charge in [0.25, 0.3) is 0 Å². The molecule has 0 aliphatic carbocycles. The Hall–Kier alpha value is -1.89. The van der Waals surface area contributed by atoms with Crippen molar-refractivity contribution >= 4 is 39.2 Å². The number of anilines is 2. The van der Waals surface area contributed by atoms with Gasteiger partial charge >= 0.3 is 0 Å². The first-order valence-electron chi connectivity index (χ1n) is 6.70. The Bertz CT molecular complexity index is 610. The molecule has 7 heteroatoms. The van der Waals surface area contributed by atoms with Crippen LogP contribution in [0.1, 0.15) is 25.1 Å². The second-order valence-electron chi connectivity index (χ2n) is 4.43. The molecule has 108 valence electrons. The van der Waals surface area contributed by atoms with Gasteiger partial charge in [-0.25, -0.2) is 4.98 Å². The van der Waals surface area contributed by atoms with Gasteiger partial charge in [0.15, 0.2) is 0 Å². The van der Waals surface area contributed by atoms with Crippen molar-refractivity contribution in [2.24, 2.45) is 5.73 Å². The second-order valence-corrected chi connectivity index (χ2v) is 5.54. The van der Waals surface area contributed by atoms with E-state index in [-0.39, 0.29) is 6.54 Å². The normalized spacial score (nSPS) is 10.7. The number of rotatable bonds is 7. The van der Waals surface area contributed by atoms with Crippen LogP contribution < -0.4 is 16.4 Å². The van der Waals surface area contributed by atoms with Gasteiger partial charge < -0.3 is 16.4 Å². The third-order valence-corrected chi connectivity index (χ3v) is 3.93. The van der Waals surface area contributed by atoms with Crippen LogP contribution in [0.15, 0.2) is 6.07 Å². The van der Waals surface area contributed by atoms with E-state index in [0.29, 0.717) is 11.8 Å². The third kappa shape index (κ3) is 3.36. The number of nitrogens with one attached hydrogen (secondary N) is 2. The van der Waals surface area contributed by atoms with Crippen molar-refractivity contribution in [3.8, 4) is 0 Å². The highest BCUT2D eigenvalue weighted by atomic mass is 32.1. The van der Waals surface area contributed by atoms with Gasteiger partial charge in [0.2, 0.25) is 11.9 Å². The Morgan fingerprint density at radius 2 is 2.15 bits per heavy atom. The molecule has 0 aromatic carbocycles. The number of nitrogens with two attached hydrogens (primary N) is 1. The molecule has 0 saturated carbocycles. The number of carbonyl (C=O) groups is 1. The maximum atomic E-state index is 10.9. The van der Waals surface area contributed by atoms with Crippen LogP contribution in [0.2, 0.25) is 0 Å². The highest BCUT2D eigenvalue weighted by molar-refractivity contribution is 7.18. The topological polar surface area (TPSA) is 92.9 Å². The first kappa shape index (κ1) is 14.5. The SMILES string of the molecule is CCCNc1nc(NCC(N)=O)c2cc(CC)sc2n1. The number of primary amides is 1. The van der Waals surface area contributed by atoms with E-state index in [2.05, 4.69) is 40.5 Å². The number of thiophene rings is 1. The van der Waals surface area contributed by atoms with Gasteiger partial charge in [-0.15, -0.1) is 11.3 Å². The predicted octanol–water partition coefficient (Wildman–Crippen LogP) is 1.97. The quantitative estimate of drug-likeness (QED) is 0.726. The minimum absolute atomic E-state index is 0.0661. The van der Waals surface area contributed by atoms with Crippen LogP contribution in [0.25, 0.3) is 10.2 Å². The fraction of sp³-hybridized carbons (Fsp3) is 0.462. The van der Waals surface area contributed by atoms with E-state index >= 15 is 0 Å². The first-order chi connectivity index (χ1) is 9.63. The number of nitrogens with zero attached hydrogens (tertiary/aromatic N) is 2. The molecule has 0 fully saturated rings. The van der Waals surface area contributed by atoms with E-state index in [1.165, 1.54) is 4.88 Å². The van der Waals surface area contributed by atoms with Gasteiger partial charge in [0, 0.05) is 11.4 Å². The number of hydrogen-bond donors (Lipinski definition) is 3. The van der Waals surface area contributed by atoms with Crippen molar-refractivity contribution in [1.29, 1.82) is 0 Å². The zero-order valence-corrected chi connectivity index (χ0v) is 12.5.